The molecule has 3 N–H and O–H groups in total. The van der Waals surface area contributed by atoms with E-state index in [9.17, 15) is 19.2 Å². The molecule has 10 heteroatoms. The maximum atomic E-state index is 12.1. The van der Waals surface area contributed by atoms with Gasteiger partial charge >= 0.3 is 6.03 Å². The van der Waals surface area contributed by atoms with Gasteiger partial charge in [-0.3, -0.25) is 14.5 Å². The second kappa shape index (κ2) is 14.5. The number of nitrogens with zero attached hydrogens (tertiary/aromatic N) is 1. The second-order valence-electron chi connectivity index (χ2n) is 8.00. The molecule has 0 spiro atoms. The first-order valence-corrected chi connectivity index (χ1v) is 12.5. The molecule has 0 fully saturated rings. The van der Waals surface area contributed by atoms with Crippen LogP contribution in [0.3, 0.4) is 0 Å². The minimum Gasteiger partial charge on any atom is -0.359 e. The summed E-state index contributed by atoms with van der Waals surface area (Å²) in [4.78, 5) is 49.5. The predicted molar refractivity (Wildman–Crippen MR) is 140 cm³/mol. The maximum Gasteiger partial charge on any atom is 0.319 e. The van der Waals surface area contributed by atoms with Crippen molar-refractivity contribution in [2.45, 2.75) is 37.2 Å². The van der Waals surface area contributed by atoms with Crippen LogP contribution in [0.1, 0.15) is 34.3 Å². The van der Waals surface area contributed by atoms with Crippen LogP contribution in [-0.2, 0) is 16.1 Å². The van der Waals surface area contributed by atoms with Gasteiger partial charge in [-0.15, -0.1) is 11.8 Å². The molecule has 2 aromatic carbocycles. The Balaban J connectivity index is 1.88. The highest BCUT2D eigenvalue weighted by Gasteiger charge is 2.17. The minimum atomic E-state index is -0.436. The average Bonchev–Trinajstić information content (AvgIpc) is 2.84. The van der Waals surface area contributed by atoms with Gasteiger partial charge in [-0.25, -0.2) is 4.79 Å². The molecule has 1 atom stereocenters. The van der Waals surface area contributed by atoms with Crippen LogP contribution in [0.5, 0.6) is 0 Å². The first-order valence-electron chi connectivity index (χ1n) is 11.2. The van der Waals surface area contributed by atoms with Crippen molar-refractivity contribution in [3.05, 3.63) is 58.1 Å². The number of nitrogens with one attached hydrogen (secondary N) is 3. The molecule has 0 saturated heterocycles. The van der Waals surface area contributed by atoms with E-state index in [0.29, 0.717) is 41.5 Å². The Morgan fingerprint density at radius 1 is 1.17 bits per heavy atom. The molecule has 0 aliphatic heterocycles. The van der Waals surface area contributed by atoms with Crippen molar-refractivity contribution in [3.8, 4) is 0 Å². The number of hydrogen-bond donors (Lipinski definition) is 3. The summed E-state index contributed by atoms with van der Waals surface area (Å²) in [7, 11) is 3.35. The van der Waals surface area contributed by atoms with Crippen LogP contribution in [0.25, 0.3) is 0 Å². The number of hydrogen-bond acceptors (Lipinski definition) is 6. The first kappa shape index (κ1) is 28.4. The number of aryl methyl sites for hydroxylation is 1. The van der Waals surface area contributed by atoms with E-state index in [2.05, 4.69) is 16.0 Å². The van der Waals surface area contributed by atoms with Gasteiger partial charge in [0.15, 0.2) is 0 Å². The maximum absolute atomic E-state index is 12.1. The molecular formula is C25H31ClN4O4S. The number of likely N-dealkylation sites (N-methyl/N-ethyl adjacent to an activating group) is 1. The molecule has 35 heavy (non-hydrogen) atoms. The number of thioether (sulfide) groups is 1. The number of aldehydes is 2. The molecule has 3 amide bonds. The lowest BCUT2D eigenvalue weighted by Crippen LogP contribution is -2.34. The fourth-order valence-electron chi connectivity index (χ4n) is 3.29. The molecule has 0 saturated carbocycles. The third-order valence-electron chi connectivity index (χ3n) is 5.42. The summed E-state index contributed by atoms with van der Waals surface area (Å²) in [6.07, 6.45) is 2.26. The molecule has 0 aromatic heterocycles. The van der Waals surface area contributed by atoms with Gasteiger partial charge in [0.05, 0.1) is 6.04 Å². The Hall–Kier alpha value is -2.88. The largest absolute Gasteiger partial charge is 0.359 e. The van der Waals surface area contributed by atoms with Crippen LogP contribution in [0.4, 0.5) is 10.5 Å². The molecule has 0 radical (unpaired) electrons. The smallest absolute Gasteiger partial charge is 0.319 e. The quantitative estimate of drug-likeness (QED) is 0.211. The van der Waals surface area contributed by atoms with Crippen LogP contribution in [0, 0.1) is 6.92 Å². The first-order chi connectivity index (χ1) is 16.8. The van der Waals surface area contributed by atoms with Gasteiger partial charge in [0.1, 0.15) is 12.6 Å². The lowest BCUT2D eigenvalue weighted by molar-refractivity contribution is -0.121. The SMILES string of the molecule is CNC(=O)CCC(C=O)N(C)Cc1cc(SCCNC(=O)Nc2ccc(C)c(Cl)c2)ccc1C=O. The van der Waals surface area contributed by atoms with Crippen LogP contribution in [-0.4, -0.2) is 61.8 Å². The normalized spacial score (nSPS) is 11.6. The van der Waals surface area contributed by atoms with Crippen molar-refractivity contribution in [3.63, 3.8) is 0 Å². The Kier molecular flexibility index (Phi) is 11.8. The van der Waals surface area contributed by atoms with Crippen LogP contribution in [0.2, 0.25) is 5.02 Å². The summed E-state index contributed by atoms with van der Waals surface area (Å²) in [6, 6.07) is 10.1. The van der Waals surface area contributed by atoms with Gasteiger partial charge in [-0.2, -0.15) is 0 Å². The van der Waals surface area contributed by atoms with Gasteiger partial charge in [-0.1, -0.05) is 23.7 Å². The molecule has 2 rings (SSSR count). The molecule has 0 aliphatic carbocycles. The third-order valence-corrected chi connectivity index (χ3v) is 6.82. The number of rotatable bonds is 13. The fraction of sp³-hybridized carbons (Fsp3) is 0.360. The summed E-state index contributed by atoms with van der Waals surface area (Å²) < 4.78 is 0. The van der Waals surface area contributed by atoms with Gasteiger partial charge < -0.3 is 20.7 Å². The molecule has 188 valence electrons. The van der Waals surface area contributed by atoms with Crippen LogP contribution >= 0.6 is 23.4 Å². The van der Waals surface area contributed by atoms with Crippen molar-refractivity contribution >= 4 is 53.6 Å². The number of urea groups is 1. The van der Waals surface area contributed by atoms with E-state index in [0.717, 1.165) is 28.6 Å². The molecular weight excluding hydrogens is 488 g/mol. The molecule has 1 unspecified atom stereocenters. The Bertz CT molecular complexity index is 1050. The number of carbonyl (C=O) groups excluding carboxylic acids is 4. The zero-order valence-electron chi connectivity index (χ0n) is 20.1. The molecule has 8 nitrogen and oxygen atoms in total. The van der Waals surface area contributed by atoms with E-state index in [-0.39, 0.29) is 18.4 Å². The summed E-state index contributed by atoms with van der Waals surface area (Å²) in [5, 5.41) is 8.69. The summed E-state index contributed by atoms with van der Waals surface area (Å²) in [5.74, 6) is 0.503. The monoisotopic (exact) mass is 518 g/mol. The van der Waals surface area contributed by atoms with E-state index >= 15 is 0 Å². The third kappa shape index (κ3) is 9.35. The van der Waals surface area contributed by atoms with Gasteiger partial charge in [0.25, 0.3) is 0 Å². The number of amides is 3. The van der Waals surface area contributed by atoms with Gasteiger partial charge in [0, 0.05) is 53.5 Å². The van der Waals surface area contributed by atoms with E-state index in [1.165, 1.54) is 0 Å². The van der Waals surface area contributed by atoms with Crippen molar-refractivity contribution in [2.75, 3.05) is 31.7 Å². The zero-order chi connectivity index (χ0) is 25.8. The average molecular weight is 519 g/mol. The zero-order valence-corrected chi connectivity index (χ0v) is 21.7. The molecule has 0 heterocycles. The summed E-state index contributed by atoms with van der Waals surface area (Å²) in [6.45, 7) is 2.72. The Labute approximate surface area is 215 Å². The van der Waals surface area contributed by atoms with Crippen molar-refractivity contribution in [2.24, 2.45) is 0 Å². The molecule has 0 aliphatic rings. The number of carbonyl (C=O) groups is 4. The summed E-state index contributed by atoms with van der Waals surface area (Å²) in [5.41, 5.74) is 2.89. The van der Waals surface area contributed by atoms with E-state index in [4.69, 9.17) is 11.6 Å². The van der Waals surface area contributed by atoms with E-state index in [1.54, 1.807) is 44.1 Å². The highest BCUT2D eigenvalue weighted by atomic mass is 35.5. The summed E-state index contributed by atoms with van der Waals surface area (Å²) >= 11 is 7.63. The van der Waals surface area contributed by atoms with E-state index in [1.807, 2.05) is 30.0 Å². The highest BCUT2D eigenvalue weighted by molar-refractivity contribution is 7.99. The fourth-order valence-corrected chi connectivity index (χ4v) is 4.30. The lowest BCUT2D eigenvalue weighted by Gasteiger charge is -2.24. The molecule has 2 aromatic rings. The van der Waals surface area contributed by atoms with Gasteiger partial charge in [-0.05, 0) is 55.8 Å². The second-order valence-corrected chi connectivity index (χ2v) is 9.58. The molecule has 0 bridgehead atoms. The standard InChI is InChI=1S/C25H31ClN4O4S/c1-17-4-6-20(13-23(17)26)29-25(34)28-10-11-35-22-8-5-18(15-31)19(12-22)14-30(3)21(16-32)7-9-24(33)27-2/h4-6,8,12-13,15-16,21H,7,9-11,14H2,1-3H3,(H,27,33)(H2,28,29,34). The van der Waals surface area contributed by atoms with Crippen LogP contribution < -0.4 is 16.0 Å². The Morgan fingerprint density at radius 3 is 2.60 bits per heavy atom. The van der Waals surface area contributed by atoms with Crippen molar-refractivity contribution < 1.29 is 19.2 Å². The van der Waals surface area contributed by atoms with Crippen molar-refractivity contribution in [1.82, 2.24) is 15.5 Å². The predicted octanol–water partition coefficient (Wildman–Crippen LogP) is 3.90. The Morgan fingerprint density at radius 2 is 1.94 bits per heavy atom. The highest BCUT2D eigenvalue weighted by Crippen LogP contribution is 2.23. The number of benzene rings is 2. The van der Waals surface area contributed by atoms with Gasteiger partial charge in [0.2, 0.25) is 5.91 Å². The number of anilines is 1. The lowest BCUT2D eigenvalue weighted by atomic mass is 10.1. The number of halogens is 1. The topological polar surface area (TPSA) is 108 Å². The van der Waals surface area contributed by atoms with E-state index < -0.39 is 6.04 Å². The van der Waals surface area contributed by atoms with Crippen LogP contribution in [0.15, 0.2) is 41.3 Å². The minimum absolute atomic E-state index is 0.123. The van der Waals surface area contributed by atoms with Crippen molar-refractivity contribution in [1.29, 1.82) is 0 Å².